The summed E-state index contributed by atoms with van der Waals surface area (Å²) in [6, 6.07) is 12.9. The first kappa shape index (κ1) is 20.7. The largest absolute Gasteiger partial charge is 0.411 e. The van der Waals surface area contributed by atoms with Gasteiger partial charge in [-0.25, -0.2) is 0 Å². The van der Waals surface area contributed by atoms with Crippen LogP contribution in [0.4, 0.5) is 5.69 Å². The van der Waals surface area contributed by atoms with Gasteiger partial charge >= 0.3 is 0 Å². The molecule has 3 rings (SSSR count). The minimum absolute atomic E-state index is 0.0781. The molecule has 0 aliphatic rings. The van der Waals surface area contributed by atoms with Crippen molar-refractivity contribution in [3.8, 4) is 11.5 Å². The number of nitrogens with one attached hydrogen (secondary N) is 1. The lowest BCUT2D eigenvalue weighted by atomic mass is 9.87. The zero-order valence-electron chi connectivity index (χ0n) is 15.6. The van der Waals surface area contributed by atoms with E-state index in [0.29, 0.717) is 26.8 Å². The van der Waals surface area contributed by atoms with Crippen molar-refractivity contribution in [1.82, 2.24) is 10.2 Å². The van der Waals surface area contributed by atoms with Gasteiger partial charge in [0.05, 0.1) is 16.5 Å². The number of halogens is 2. The number of anilines is 1. The molecule has 5 nitrogen and oxygen atoms in total. The Bertz CT molecular complexity index is 982. The van der Waals surface area contributed by atoms with E-state index in [2.05, 4.69) is 48.4 Å². The zero-order valence-corrected chi connectivity index (χ0v) is 18.0. The smallest absolute Gasteiger partial charge is 0.277 e. The Labute approximate surface area is 177 Å². The van der Waals surface area contributed by atoms with E-state index >= 15 is 0 Å². The predicted octanol–water partition coefficient (Wildman–Crippen LogP) is 6.07. The molecule has 0 unspecified atom stereocenters. The van der Waals surface area contributed by atoms with E-state index in [1.165, 1.54) is 5.56 Å². The van der Waals surface area contributed by atoms with Gasteiger partial charge < -0.3 is 9.73 Å². The maximum absolute atomic E-state index is 12.1. The van der Waals surface area contributed by atoms with Crippen LogP contribution < -0.4 is 5.32 Å². The van der Waals surface area contributed by atoms with Gasteiger partial charge in [0.2, 0.25) is 11.8 Å². The molecular weight excluding hydrogens is 417 g/mol. The number of rotatable bonds is 5. The second kappa shape index (κ2) is 8.55. The first-order valence-electron chi connectivity index (χ1n) is 8.54. The van der Waals surface area contributed by atoms with Crippen LogP contribution in [0.25, 0.3) is 11.5 Å². The van der Waals surface area contributed by atoms with Crippen LogP contribution in [0.5, 0.6) is 0 Å². The molecule has 0 bridgehead atoms. The van der Waals surface area contributed by atoms with Crippen molar-refractivity contribution in [2.45, 2.75) is 31.4 Å². The molecule has 0 saturated heterocycles. The lowest BCUT2D eigenvalue weighted by Crippen LogP contribution is -2.14. The van der Waals surface area contributed by atoms with Gasteiger partial charge in [0.25, 0.3) is 5.22 Å². The fourth-order valence-electron chi connectivity index (χ4n) is 2.40. The molecule has 0 aliphatic heterocycles. The van der Waals surface area contributed by atoms with Crippen molar-refractivity contribution >= 4 is 46.6 Å². The SMILES string of the molecule is CC(C)(C)c1ccc(-c2nnc(SCC(=O)Nc3ccc(Cl)cc3Cl)o2)cc1. The summed E-state index contributed by atoms with van der Waals surface area (Å²) in [7, 11) is 0. The minimum atomic E-state index is -0.233. The summed E-state index contributed by atoms with van der Waals surface area (Å²) >= 11 is 13.1. The lowest BCUT2D eigenvalue weighted by Gasteiger charge is -2.18. The molecule has 0 atom stereocenters. The van der Waals surface area contributed by atoms with Crippen molar-refractivity contribution < 1.29 is 9.21 Å². The van der Waals surface area contributed by atoms with Gasteiger partial charge in [-0.2, -0.15) is 0 Å². The highest BCUT2D eigenvalue weighted by molar-refractivity contribution is 7.99. The van der Waals surface area contributed by atoms with E-state index < -0.39 is 0 Å². The fourth-order valence-corrected chi connectivity index (χ4v) is 3.42. The number of hydrogen-bond donors (Lipinski definition) is 1. The molecule has 0 aliphatic carbocycles. The van der Waals surface area contributed by atoms with Crippen LogP contribution in [0.15, 0.2) is 52.1 Å². The molecule has 0 radical (unpaired) electrons. The zero-order chi connectivity index (χ0) is 20.3. The van der Waals surface area contributed by atoms with E-state index in [4.69, 9.17) is 27.6 Å². The second-order valence-corrected chi connectivity index (χ2v) is 8.93. The highest BCUT2D eigenvalue weighted by Gasteiger charge is 2.15. The standard InChI is InChI=1S/C20H19Cl2N3O2S/c1-20(2,3)13-6-4-12(5-7-13)18-24-25-19(27-18)28-11-17(26)23-16-9-8-14(21)10-15(16)22/h4-10H,11H2,1-3H3,(H,23,26). The quantitative estimate of drug-likeness (QED) is 0.492. The first-order chi connectivity index (χ1) is 13.2. The van der Waals surface area contributed by atoms with E-state index in [-0.39, 0.29) is 17.1 Å². The third kappa shape index (κ3) is 5.28. The van der Waals surface area contributed by atoms with Gasteiger partial charge in [-0.05, 0) is 41.3 Å². The molecule has 1 N–H and O–H groups in total. The Kier molecular flexibility index (Phi) is 6.33. The van der Waals surface area contributed by atoms with Crippen molar-refractivity contribution in [3.63, 3.8) is 0 Å². The average Bonchev–Trinajstić information content (AvgIpc) is 3.11. The summed E-state index contributed by atoms with van der Waals surface area (Å²) in [4.78, 5) is 12.1. The highest BCUT2D eigenvalue weighted by Crippen LogP contribution is 2.28. The van der Waals surface area contributed by atoms with E-state index in [1.807, 2.05) is 12.1 Å². The first-order valence-corrected chi connectivity index (χ1v) is 10.3. The number of carbonyl (C=O) groups excluding carboxylic acids is 1. The topological polar surface area (TPSA) is 68.0 Å². The molecule has 2 aromatic carbocycles. The van der Waals surface area contributed by atoms with Crippen LogP contribution in [-0.4, -0.2) is 21.9 Å². The molecule has 28 heavy (non-hydrogen) atoms. The van der Waals surface area contributed by atoms with Gasteiger partial charge in [-0.3, -0.25) is 4.79 Å². The molecule has 0 fully saturated rings. The van der Waals surface area contributed by atoms with Gasteiger partial charge in [0.1, 0.15) is 0 Å². The molecule has 8 heteroatoms. The van der Waals surface area contributed by atoms with Gasteiger partial charge in [-0.15, -0.1) is 10.2 Å². The number of carbonyl (C=O) groups is 1. The van der Waals surface area contributed by atoms with Crippen molar-refractivity contribution in [2.75, 3.05) is 11.1 Å². The number of nitrogens with zero attached hydrogens (tertiary/aromatic N) is 2. The van der Waals surface area contributed by atoms with Gasteiger partial charge in [-0.1, -0.05) is 67.9 Å². The van der Waals surface area contributed by atoms with Crippen molar-refractivity contribution in [3.05, 3.63) is 58.1 Å². The molecule has 146 valence electrons. The number of aromatic nitrogens is 2. The molecular formula is C20H19Cl2N3O2S. The maximum atomic E-state index is 12.1. The van der Waals surface area contributed by atoms with Crippen LogP contribution in [0, 0.1) is 0 Å². The summed E-state index contributed by atoms with van der Waals surface area (Å²) in [5.74, 6) is 0.302. The molecule has 3 aromatic rings. The van der Waals surface area contributed by atoms with E-state index in [1.54, 1.807) is 18.2 Å². The fraction of sp³-hybridized carbons (Fsp3) is 0.250. The van der Waals surface area contributed by atoms with Crippen LogP contribution >= 0.6 is 35.0 Å². The molecule has 1 aromatic heterocycles. The molecule has 1 heterocycles. The van der Waals surface area contributed by atoms with Crippen molar-refractivity contribution in [2.24, 2.45) is 0 Å². The Morgan fingerprint density at radius 1 is 1.11 bits per heavy atom. The van der Waals surface area contributed by atoms with E-state index in [0.717, 1.165) is 17.3 Å². The predicted molar refractivity (Wildman–Crippen MR) is 114 cm³/mol. The second-order valence-electron chi connectivity index (χ2n) is 7.16. The molecule has 1 amide bonds. The van der Waals surface area contributed by atoms with Gasteiger partial charge in [0.15, 0.2) is 0 Å². The molecule has 0 spiro atoms. The number of hydrogen-bond acceptors (Lipinski definition) is 5. The average molecular weight is 436 g/mol. The summed E-state index contributed by atoms with van der Waals surface area (Å²) < 4.78 is 5.65. The normalized spacial score (nSPS) is 11.5. The summed E-state index contributed by atoms with van der Waals surface area (Å²) in [5.41, 5.74) is 2.64. The van der Waals surface area contributed by atoms with Crippen molar-refractivity contribution in [1.29, 1.82) is 0 Å². The summed E-state index contributed by atoms with van der Waals surface area (Å²) in [6.45, 7) is 6.48. The number of thioether (sulfide) groups is 1. The number of benzene rings is 2. The third-order valence-corrected chi connectivity index (χ3v) is 5.30. The number of amides is 1. The maximum Gasteiger partial charge on any atom is 0.277 e. The Hall–Kier alpha value is -2.02. The van der Waals surface area contributed by atoms with Crippen LogP contribution in [0.2, 0.25) is 10.0 Å². The highest BCUT2D eigenvalue weighted by atomic mass is 35.5. The Morgan fingerprint density at radius 2 is 1.82 bits per heavy atom. The molecule has 0 saturated carbocycles. The van der Waals surface area contributed by atoms with Crippen LogP contribution in [-0.2, 0) is 10.2 Å². The van der Waals surface area contributed by atoms with Gasteiger partial charge in [0, 0.05) is 10.6 Å². The Morgan fingerprint density at radius 3 is 2.46 bits per heavy atom. The Balaban J connectivity index is 1.59. The van der Waals surface area contributed by atoms with E-state index in [9.17, 15) is 4.79 Å². The lowest BCUT2D eigenvalue weighted by molar-refractivity contribution is -0.113. The summed E-state index contributed by atoms with van der Waals surface area (Å²) in [6.07, 6.45) is 0. The minimum Gasteiger partial charge on any atom is -0.411 e. The van der Waals surface area contributed by atoms with Crippen LogP contribution in [0.3, 0.4) is 0 Å². The monoisotopic (exact) mass is 435 g/mol. The third-order valence-electron chi connectivity index (χ3n) is 3.94. The van der Waals surface area contributed by atoms with Crippen LogP contribution in [0.1, 0.15) is 26.3 Å². The summed E-state index contributed by atoms with van der Waals surface area (Å²) in [5, 5.41) is 12.0.